The van der Waals surface area contributed by atoms with Crippen molar-refractivity contribution in [2.24, 2.45) is 0 Å². The normalized spacial score (nSPS) is 13.0. The van der Waals surface area contributed by atoms with Gasteiger partial charge in [-0.25, -0.2) is 0 Å². The van der Waals surface area contributed by atoms with Crippen LogP contribution in [-0.2, 0) is 14.3 Å². The maximum absolute atomic E-state index is 12.4. The number of aliphatic hydroxyl groups is 2. The Hall–Kier alpha value is -2.44. The zero-order valence-corrected chi connectivity index (χ0v) is 45.8. The molecule has 2 unspecified atom stereocenters. The van der Waals surface area contributed by atoms with Crippen molar-refractivity contribution >= 4 is 11.9 Å². The van der Waals surface area contributed by atoms with Crippen LogP contribution in [0.1, 0.15) is 303 Å². The number of aliphatic hydroxyl groups excluding tert-OH is 2. The van der Waals surface area contributed by atoms with Crippen LogP contribution in [0.15, 0.2) is 60.8 Å². The van der Waals surface area contributed by atoms with Crippen LogP contribution in [0.25, 0.3) is 0 Å². The van der Waals surface area contributed by atoms with E-state index >= 15 is 0 Å². The molecule has 402 valence electrons. The maximum Gasteiger partial charge on any atom is 0.305 e. The van der Waals surface area contributed by atoms with Crippen molar-refractivity contribution in [3.8, 4) is 0 Å². The number of esters is 1. The lowest BCUT2D eigenvalue weighted by atomic mass is 10.1. The molecule has 0 fully saturated rings. The lowest BCUT2D eigenvalue weighted by Gasteiger charge is -2.20. The van der Waals surface area contributed by atoms with E-state index in [9.17, 15) is 19.8 Å². The molecule has 6 heteroatoms. The van der Waals surface area contributed by atoms with Crippen molar-refractivity contribution in [1.29, 1.82) is 0 Å². The molecule has 0 heterocycles. The zero-order chi connectivity index (χ0) is 50.0. The molecule has 0 aliphatic heterocycles. The van der Waals surface area contributed by atoms with Crippen molar-refractivity contribution in [2.45, 2.75) is 315 Å². The standard InChI is InChI=1S/C63H115NO5/c1-3-5-7-9-11-13-15-16-17-18-24-28-31-34-37-41-45-49-53-57-63(68)69-58-54-50-46-42-38-35-32-29-26-23-21-19-20-22-25-27-30-33-36-40-44-48-52-56-62(67)64-60(59-65)61(66)55-51-47-43-39-14-12-10-8-6-4-2/h11,13,16-17,19,21-22,25,51,55,60-61,65-66H,3-10,12,14-15,18,20,23-24,26-50,52-54,56-59H2,1-2H3,(H,64,67)/b13-11-,17-16-,21-19-,25-22-,55-51+. The first-order valence-electron chi connectivity index (χ1n) is 30.1. The Morgan fingerprint density at radius 2 is 0.725 bits per heavy atom. The molecule has 0 aliphatic carbocycles. The van der Waals surface area contributed by atoms with Gasteiger partial charge in [-0.15, -0.1) is 0 Å². The fourth-order valence-electron chi connectivity index (χ4n) is 8.87. The van der Waals surface area contributed by atoms with Gasteiger partial charge >= 0.3 is 5.97 Å². The molecule has 0 aromatic heterocycles. The second-order valence-corrected chi connectivity index (χ2v) is 20.3. The molecule has 3 N–H and O–H groups in total. The summed E-state index contributed by atoms with van der Waals surface area (Å²) in [5, 5.41) is 23.0. The Morgan fingerprint density at radius 1 is 0.406 bits per heavy atom. The van der Waals surface area contributed by atoms with Gasteiger partial charge in [0.1, 0.15) is 0 Å². The van der Waals surface area contributed by atoms with Crippen LogP contribution in [-0.4, -0.2) is 47.4 Å². The Kier molecular flexibility index (Phi) is 56.1. The summed E-state index contributed by atoms with van der Waals surface area (Å²) in [7, 11) is 0. The topological polar surface area (TPSA) is 95.9 Å². The molecule has 1 amide bonds. The molecule has 2 atom stereocenters. The van der Waals surface area contributed by atoms with E-state index in [0.29, 0.717) is 19.4 Å². The Labute approximate surface area is 428 Å². The van der Waals surface area contributed by atoms with Crippen LogP contribution >= 0.6 is 0 Å². The highest BCUT2D eigenvalue weighted by molar-refractivity contribution is 5.76. The van der Waals surface area contributed by atoms with Crippen molar-refractivity contribution in [1.82, 2.24) is 5.32 Å². The Bertz CT molecular complexity index is 1210. The minimum absolute atomic E-state index is 0.00191. The average Bonchev–Trinajstić information content (AvgIpc) is 3.35. The number of nitrogens with one attached hydrogen (secondary N) is 1. The molecule has 0 saturated heterocycles. The molecule has 69 heavy (non-hydrogen) atoms. The summed E-state index contributed by atoms with van der Waals surface area (Å²) in [5.74, 6) is -0.0794. The van der Waals surface area contributed by atoms with Crippen molar-refractivity contribution in [3.63, 3.8) is 0 Å². The average molecular weight is 967 g/mol. The predicted octanol–water partition coefficient (Wildman–Crippen LogP) is 18.7. The van der Waals surface area contributed by atoms with E-state index in [2.05, 4.69) is 67.8 Å². The molecular weight excluding hydrogens is 851 g/mol. The summed E-state index contributed by atoms with van der Waals surface area (Å²) >= 11 is 0. The van der Waals surface area contributed by atoms with Crippen LogP contribution in [0.4, 0.5) is 0 Å². The van der Waals surface area contributed by atoms with E-state index in [1.54, 1.807) is 6.08 Å². The Balaban J connectivity index is 3.44. The first-order valence-corrected chi connectivity index (χ1v) is 30.1. The largest absolute Gasteiger partial charge is 0.466 e. The summed E-state index contributed by atoms with van der Waals surface area (Å²) in [5.41, 5.74) is 0. The van der Waals surface area contributed by atoms with Crippen molar-refractivity contribution in [3.05, 3.63) is 60.8 Å². The smallest absolute Gasteiger partial charge is 0.305 e. The van der Waals surface area contributed by atoms with Gasteiger partial charge in [0.2, 0.25) is 5.91 Å². The predicted molar refractivity (Wildman–Crippen MR) is 301 cm³/mol. The van der Waals surface area contributed by atoms with E-state index in [-0.39, 0.29) is 18.5 Å². The second-order valence-electron chi connectivity index (χ2n) is 20.3. The third kappa shape index (κ3) is 54.7. The number of carbonyl (C=O) groups is 2. The number of carbonyl (C=O) groups excluding carboxylic acids is 2. The van der Waals surface area contributed by atoms with E-state index in [4.69, 9.17) is 4.74 Å². The minimum atomic E-state index is -0.850. The van der Waals surface area contributed by atoms with Crippen LogP contribution in [0.3, 0.4) is 0 Å². The van der Waals surface area contributed by atoms with Crippen molar-refractivity contribution < 1.29 is 24.5 Å². The number of amides is 1. The molecule has 0 aromatic carbocycles. The third-order valence-electron chi connectivity index (χ3n) is 13.5. The fraction of sp³-hybridized carbons (Fsp3) is 0.810. The van der Waals surface area contributed by atoms with E-state index in [0.717, 1.165) is 70.6 Å². The quantitative estimate of drug-likeness (QED) is 0.0321. The zero-order valence-electron chi connectivity index (χ0n) is 45.8. The van der Waals surface area contributed by atoms with Gasteiger partial charge < -0.3 is 20.3 Å². The third-order valence-corrected chi connectivity index (χ3v) is 13.5. The first kappa shape index (κ1) is 66.6. The number of hydrogen-bond donors (Lipinski definition) is 3. The van der Waals surface area contributed by atoms with Crippen molar-refractivity contribution in [2.75, 3.05) is 13.2 Å². The van der Waals surface area contributed by atoms with Gasteiger partial charge in [-0.1, -0.05) is 254 Å². The maximum atomic E-state index is 12.4. The molecular formula is C63H115NO5. The molecule has 0 rings (SSSR count). The number of hydrogen-bond acceptors (Lipinski definition) is 5. The molecule has 0 bridgehead atoms. The summed E-state index contributed by atoms with van der Waals surface area (Å²) in [6, 6.07) is -0.635. The molecule has 0 aromatic rings. The van der Waals surface area contributed by atoms with Gasteiger partial charge in [0, 0.05) is 12.8 Å². The lowest BCUT2D eigenvalue weighted by Crippen LogP contribution is -2.45. The summed E-state index contributed by atoms with van der Waals surface area (Å²) < 4.78 is 5.49. The van der Waals surface area contributed by atoms with Crippen LogP contribution < -0.4 is 5.32 Å². The SMILES string of the molecule is CCCCC/C=C\C/C=C\CCCCCCCCCCCC(=O)OCCCCCCCCCCC/C=C\C/C=C\CCCCCCCCCC(=O)NC(CO)C(O)/C=C/CCCCCCCCCC. The van der Waals surface area contributed by atoms with Gasteiger partial charge in [0.15, 0.2) is 0 Å². The number of ether oxygens (including phenoxy) is 1. The fourth-order valence-corrected chi connectivity index (χ4v) is 8.87. The van der Waals surface area contributed by atoms with E-state index < -0.39 is 12.1 Å². The highest BCUT2D eigenvalue weighted by Crippen LogP contribution is 2.15. The molecule has 0 saturated carbocycles. The van der Waals surface area contributed by atoms with Gasteiger partial charge in [0.25, 0.3) is 0 Å². The second kappa shape index (κ2) is 58.1. The number of allylic oxidation sites excluding steroid dienone is 9. The molecule has 0 radical (unpaired) electrons. The summed E-state index contributed by atoms with van der Waals surface area (Å²) in [6.45, 7) is 4.85. The van der Waals surface area contributed by atoms with Crippen LogP contribution in [0, 0.1) is 0 Å². The first-order chi connectivity index (χ1) is 34.0. The van der Waals surface area contributed by atoms with E-state index in [1.165, 1.54) is 205 Å². The number of unbranched alkanes of at least 4 members (excludes halogenated alkanes) is 36. The highest BCUT2D eigenvalue weighted by atomic mass is 16.5. The monoisotopic (exact) mass is 966 g/mol. The molecule has 0 spiro atoms. The molecule has 6 nitrogen and oxygen atoms in total. The summed E-state index contributed by atoms with van der Waals surface area (Å²) in [6.07, 6.45) is 75.4. The number of rotatable bonds is 55. The van der Waals surface area contributed by atoms with E-state index in [1.807, 2.05) is 6.08 Å². The Morgan fingerprint density at radius 3 is 1.13 bits per heavy atom. The highest BCUT2D eigenvalue weighted by Gasteiger charge is 2.18. The van der Waals surface area contributed by atoms with Crippen LogP contribution in [0.5, 0.6) is 0 Å². The van der Waals surface area contributed by atoms with Crippen LogP contribution in [0.2, 0.25) is 0 Å². The van der Waals surface area contributed by atoms with Gasteiger partial charge in [-0.05, 0) is 96.3 Å². The molecule has 0 aliphatic rings. The van der Waals surface area contributed by atoms with Gasteiger partial charge in [0.05, 0.1) is 25.4 Å². The van der Waals surface area contributed by atoms with Gasteiger partial charge in [-0.2, -0.15) is 0 Å². The van der Waals surface area contributed by atoms with Gasteiger partial charge in [-0.3, -0.25) is 9.59 Å². The minimum Gasteiger partial charge on any atom is -0.466 e. The summed E-state index contributed by atoms with van der Waals surface area (Å²) in [4.78, 5) is 24.5. The lowest BCUT2D eigenvalue weighted by molar-refractivity contribution is -0.143.